The summed E-state index contributed by atoms with van der Waals surface area (Å²) in [5.74, 6) is 0. The first-order chi connectivity index (χ1) is 6.41. The molecule has 0 aliphatic carbocycles. The van der Waals surface area contributed by atoms with Crippen molar-refractivity contribution in [3.63, 3.8) is 0 Å². The van der Waals surface area contributed by atoms with Gasteiger partial charge in [0.15, 0.2) is 0 Å². The lowest BCUT2D eigenvalue weighted by Crippen LogP contribution is -1.75. The molecule has 0 nitrogen and oxygen atoms in total. The van der Waals surface area contributed by atoms with Crippen LogP contribution in [0.2, 0.25) is 0 Å². The minimum Gasteiger partial charge on any atom is -0.0914 e. The predicted octanol–water partition coefficient (Wildman–Crippen LogP) is 4.87. The molecule has 0 bridgehead atoms. The molecule has 0 radical (unpaired) electrons. The Morgan fingerprint density at radius 2 is 1.62 bits per heavy atom. The van der Waals surface area contributed by atoms with E-state index in [1.54, 1.807) is 0 Å². The van der Waals surface area contributed by atoms with Crippen LogP contribution in [0.5, 0.6) is 0 Å². The summed E-state index contributed by atoms with van der Waals surface area (Å²) in [5, 5.41) is 0. The van der Waals surface area contributed by atoms with E-state index in [4.69, 9.17) is 0 Å². The van der Waals surface area contributed by atoms with Gasteiger partial charge in [-0.15, -0.1) is 0 Å². The van der Waals surface area contributed by atoms with E-state index in [1.807, 2.05) is 0 Å². The maximum Gasteiger partial charge on any atom is -0.0169 e. The summed E-state index contributed by atoms with van der Waals surface area (Å²) in [6.07, 6.45) is 18.2. The normalized spacial score (nSPS) is 11.8. The van der Waals surface area contributed by atoms with E-state index in [0.29, 0.717) is 0 Å². The minimum atomic E-state index is 1.10. The van der Waals surface area contributed by atoms with Crippen molar-refractivity contribution in [1.82, 2.24) is 0 Å². The molecule has 0 aromatic carbocycles. The number of allylic oxidation sites excluding steroid dienone is 4. The number of unbranched alkanes of at least 4 members (excludes halogenated alkanes) is 5. The predicted molar refractivity (Wildman–Crippen MR) is 61.9 cm³/mol. The summed E-state index contributed by atoms with van der Waals surface area (Å²) in [7, 11) is 0. The monoisotopic (exact) mass is 180 g/mol. The lowest BCUT2D eigenvalue weighted by molar-refractivity contribution is 0.637. The standard InChI is InChI=1S/C13H24/c1-3-5-7-9-11-13-12-10-8-6-4-2/h3,5,9,11H,4,6-8,10,12-13H2,1-2H3. The van der Waals surface area contributed by atoms with Crippen LogP contribution in [0.3, 0.4) is 0 Å². The van der Waals surface area contributed by atoms with Crippen LogP contribution >= 0.6 is 0 Å². The molecule has 0 rings (SSSR count). The van der Waals surface area contributed by atoms with Crippen LogP contribution < -0.4 is 0 Å². The van der Waals surface area contributed by atoms with E-state index in [-0.39, 0.29) is 0 Å². The van der Waals surface area contributed by atoms with Gasteiger partial charge >= 0.3 is 0 Å². The zero-order valence-corrected chi connectivity index (χ0v) is 9.26. The molecule has 0 aromatic rings. The molecule has 0 heteroatoms. The topological polar surface area (TPSA) is 0 Å². The molecule has 0 N–H and O–H groups in total. The van der Waals surface area contributed by atoms with Crippen LogP contribution in [-0.4, -0.2) is 0 Å². The molecule has 0 amide bonds. The molecule has 0 saturated carbocycles. The molecular weight excluding hydrogens is 156 g/mol. The SMILES string of the molecule is CC=CCC=CCCCCCCC. The lowest BCUT2D eigenvalue weighted by atomic mass is 10.1. The van der Waals surface area contributed by atoms with Crippen molar-refractivity contribution in [2.24, 2.45) is 0 Å². The fraction of sp³-hybridized carbons (Fsp3) is 0.692. The molecule has 0 unspecified atom stereocenters. The highest BCUT2D eigenvalue weighted by Gasteiger charge is 1.85. The Morgan fingerprint density at radius 1 is 0.846 bits per heavy atom. The molecule has 0 atom stereocenters. The van der Waals surface area contributed by atoms with E-state index < -0.39 is 0 Å². The highest BCUT2D eigenvalue weighted by Crippen LogP contribution is 2.05. The van der Waals surface area contributed by atoms with E-state index in [0.717, 1.165) is 6.42 Å². The third kappa shape index (κ3) is 11.5. The summed E-state index contributed by atoms with van der Waals surface area (Å²) < 4.78 is 0. The van der Waals surface area contributed by atoms with Crippen molar-refractivity contribution in [2.45, 2.75) is 58.8 Å². The van der Waals surface area contributed by atoms with Crippen molar-refractivity contribution in [1.29, 1.82) is 0 Å². The van der Waals surface area contributed by atoms with Gasteiger partial charge in [0.05, 0.1) is 0 Å². The summed E-state index contributed by atoms with van der Waals surface area (Å²) in [6.45, 7) is 4.33. The summed E-state index contributed by atoms with van der Waals surface area (Å²) in [5.41, 5.74) is 0. The Labute approximate surface area is 83.7 Å². The van der Waals surface area contributed by atoms with Gasteiger partial charge in [0.1, 0.15) is 0 Å². The summed E-state index contributed by atoms with van der Waals surface area (Å²) in [6, 6.07) is 0. The van der Waals surface area contributed by atoms with E-state index in [9.17, 15) is 0 Å². The highest BCUT2D eigenvalue weighted by atomic mass is 13.9. The zero-order chi connectivity index (χ0) is 9.78. The van der Waals surface area contributed by atoms with Gasteiger partial charge in [0.2, 0.25) is 0 Å². The molecular formula is C13H24. The van der Waals surface area contributed by atoms with Crippen molar-refractivity contribution in [2.75, 3.05) is 0 Å². The van der Waals surface area contributed by atoms with Crippen molar-refractivity contribution < 1.29 is 0 Å². The Balaban J connectivity index is 3.02. The fourth-order valence-corrected chi connectivity index (χ4v) is 1.29. The maximum absolute atomic E-state index is 2.31. The first-order valence-corrected chi connectivity index (χ1v) is 5.68. The van der Waals surface area contributed by atoms with Crippen molar-refractivity contribution >= 4 is 0 Å². The molecule has 0 fully saturated rings. The van der Waals surface area contributed by atoms with Gasteiger partial charge in [-0.1, -0.05) is 56.9 Å². The van der Waals surface area contributed by atoms with Crippen LogP contribution in [0.25, 0.3) is 0 Å². The van der Waals surface area contributed by atoms with Crippen LogP contribution in [-0.2, 0) is 0 Å². The van der Waals surface area contributed by atoms with Gasteiger partial charge in [-0.3, -0.25) is 0 Å². The number of hydrogen-bond acceptors (Lipinski definition) is 0. The van der Waals surface area contributed by atoms with Crippen molar-refractivity contribution in [3.8, 4) is 0 Å². The minimum absolute atomic E-state index is 1.10. The van der Waals surface area contributed by atoms with Gasteiger partial charge in [0.25, 0.3) is 0 Å². The number of rotatable bonds is 8. The second-order valence-corrected chi connectivity index (χ2v) is 3.48. The van der Waals surface area contributed by atoms with Gasteiger partial charge < -0.3 is 0 Å². The Morgan fingerprint density at radius 3 is 2.31 bits per heavy atom. The van der Waals surface area contributed by atoms with Gasteiger partial charge in [-0.2, -0.15) is 0 Å². The van der Waals surface area contributed by atoms with Crippen LogP contribution in [0.1, 0.15) is 58.8 Å². The first kappa shape index (κ1) is 12.5. The quantitative estimate of drug-likeness (QED) is 0.369. The van der Waals surface area contributed by atoms with E-state index in [2.05, 4.69) is 38.2 Å². The molecule has 0 aromatic heterocycles. The molecule has 0 saturated heterocycles. The second kappa shape index (κ2) is 11.5. The Kier molecular flexibility index (Phi) is 11.0. The average molecular weight is 180 g/mol. The van der Waals surface area contributed by atoms with Crippen LogP contribution in [0.15, 0.2) is 24.3 Å². The molecule has 0 heterocycles. The second-order valence-electron chi connectivity index (χ2n) is 3.48. The first-order valence-electron chi connectivity index (χ1n) is 5.68. The van der Waals surface area contributed by atoms with E-state index in [1.165, 1.54) is 38.5 Å². The Hall–Kier alpha value is -0.520. The lowest BCUT2D eigenvalue weighted by Gasteiger charge is -1.95. The molecule has 0 aliphatic heterocycles. The molecule has 0 spiro atoms. The number of hydrogen-bond donors (Lipinski definition) is 0. The molecule has 0 aliphatic rings. The third-order valence-electron chi connectivity index (χ3n) is 2.15. The van der Waals surface area contributed by atoms with Gasteiger partial charge in [0, 0.05) is 0 Å². The fourth-order valence-electron chi connectivity index (χ4n) is 1.29. The van der Waals surface area contributed by atoms with Gasteiger partial charge in [-0.05, 0) is 26.2 Å². The van der Waals surface area contributed by atoms with E-state index >= 15 is 0 Å². The smallest absolute Gasteiger partial charge is 0.0169 e. The van der Waals surface area contributed by atoms with Crippen LogP contribution in [0.4, 0.5) is 0 Å². The largest absolute Gasteiger partial charge is 0.0914 e. The average Bonchev–Trinajstić information content (AvgIpc) is 2.16. The zero-order valence-electron chi connectivity index (χ0n) is 9.26. The molecule has 76 valence electrons. The van der Waals surface area contributed by atoms with Crippen LogP contribution in [0, 0.1) is 0 Å². The third-order valence-corrected chi connectivity index (χ3v) is 2.15. The highest BCUT2D eigenvalue weighted by molar-refractivity contribution is 4.91. The van der Waals surface area contributed by atoms with Gasteiger partial charge in [-0.25, -0.2) is 0 Å². The Bertz CT molecular complexity index is 131. The molecule has 13 heavy (non-hydrogen) atoms. The summed E-state index contributed by atoms with van der Waals surface area (Å²) >= 11 is 0. The summed E-state index contributed by atoms with van der Waals surface area (Å²) in [4.78, 5) is 0. The van der Waals surface area contributed by atoms with Crippen molar-refractivity contribution in [3.05, 3.63) is 24.3 Å². The maximum atomic E-state index is 2.31.